The van der Waals surface area contributed by atoms with Crippen molar-refractivity contribution in [1.29, 1.82) is 0 Å². The summed E-state index contributed by atoms with van der Waals surface area (Å²) in [5, 5.41) is 0. The van der Waals surface area contributed by atoms with Gasteiger partial charge in [-0.1, -0.05) is 0 Å². The third-order valence-corrected chi connectivity index (χ3v) is 3.08. The second-order valence-electron chi connectivity index (χ2n) is 4.59. The van der Waals surface area contributed by atoms with Gasteiger partial charge in [-0.05, 0) is 7.05 Å². The molecule has 5 nitrogen and oxygen atoms in total. The van der Waals surface area contributed by atoms with Crippen LogP contribution < -0.4 is 4.90 Å². The Morgan fingerprint density at radius 2 is 2.24 bits per heavy atom. The van der Waals surface area contributed by atoms with Crippen molar-refractivity contribution in [1.82, 2.24) is 14.9 Å². The molecule has 94 valence electrons. The largest absolute Gasteiger partial charge is 0.384 e. The summed E-state index contributed by atoms with van der Waals surface area (Å²) in [5.74, 6) is 1.48. The minimum Gasteiger partial charge on any atom is -0.384 e. The maximum Gasteiger partial charge on any atom is 0.147 e. The lowest BCUT2D eigenvalue weighted by atomic mass is 10.1. The molecule has 5 heteroatoms. The first-order valence-electron chi connectivity index (χ1n) is 5.98. The number of aromatic nitrogens is 2. The molecule has 0 radical (unpaired) electrons. The predicted octanol–water partition coefficient (Wildman–Crippen LogP) is 0.491. The lowest BCUT2D eigenvalue weighted by Crippen LogP contribution is -2.32. The molecule has 0 N–H and O–H groups in total. The summed E-state index contributed by atoms with van der Waals surface area (Å²) in [5.41, 5.74) is 0. The van der Waals surface area contributed by atoms with Gasteiger partial charge in [0.05, 0.1) is 12.8 Å². The highest BCUT2D eigenvalue weighted by molar-refractivity contribution is 5.35. The third kappa shape index (κ3) is 3.38. The highest BCUT2D eigenvalue weighted by atomic mass is 16.5. The number of rotatable bonds is 3. The van der Waals surface area contributed by atoms with Gasteiger partial charge in [-0.2, -0.15) is 0 Å². The van der Waals surface area contributed by atoms with Crippen LogP contribution in [0.15, 0.2) is 18.6 Å². The zero-order valence-electron chi connectivity index (χ0n) is 10.5. The Kier molecular flexibility index (Phi) is 4.28. The van der Waals surface area contributed by atoms with Gasteiger partial charge in [0.2, 0.25) is 0 Å². The van der Waals surface area contributed by atoms with Crippen LogP contribution in [0.1, 0.15) is 0 Å². The molecule has 1 saturated heterocycles. The number of anilines is 1. The molecule has 1 atom stereocenters. The molecular formula is C12H20N4O. The molecule has 1 aliphatic heterocycles. The fourth-order valence-corrected chi connectivity index (χ4v) is 2.29. The van der Waals surface area contributed by atoms with Gasteiger partial charge in [0.15, 0.2) is 0 Å². The summed E-state index contributed by atoms with van der Waals surface area (Å²) in [6.45, 7) is 4.90. The Labute approximate surface area is 102 Å². The van der Waals surface area contributed by atoms with E-state index < -0.39 is 0 Å². The smallest absolute Gasteiger partial charge is 0.147 e. The molecule has 1 aromatic rings. The Morgan fingerprint density at radius 1 is 1.35 bits per heavy atom. The van der Waals surface area contributed by atoms with E-state index in [1.807, 2.05) is 6.20 Å². The van der Waals surface area contributed by atoms with Gasteiger partial charge in [0, 0.05) is 51.6 Å². The first-order valence-corrected chi connectivity index (χ1v) is 5.98. The molecule has 0 amide bonds. The fraction of sp³-hybridized carbons (Fsp3) is 0.667. The summed E-state index contributed by atoms with van der Waals surface area (Å²) in [7, 11) is 3.92. The van der Waals surface area contributed by atoms with Crippen LogP contribution in [0.2, 0.25) is 0 Å². The van der Waals surface area contributed by atoms with Crippen LogP contribution in [0.25, 0.3) is 0 Å². The lowest BCUT2D eigenvalue weighted by Gasteiger charge is -2.24. The summed E-state index contributed by atoms with van der Waals surface area (Å²) in [6, 6.07) is 0. The zero-order valence-corrected chi connectivity index (χ0v) is 10.5. The van der Waals surface area contributed by atoms with Crippen molar-refractivity contribution >= 4 is 5.82 Å². The van der Waals surface area contributed by atoms with Crippen LogP contribution in [-0.2, 0) is 4.74 Å². The number of likely N-dealkylation sites (N-methyl/N-ethyl adjacent to an activating group) is 1. The topological polar surface area (TPSA) is 41.5 Å². The Hall–Kier alpha value is -1.20. The van der Waals surface area contributed by atoms with E-state index >= 15 is 0 Å². The minimum atomic E-state index is 0.523. The van der Waals surface area contributed by atoms with Crippen LogP contribution in [0, 0.1) is 5.92 Å². The molecule has 2 rings (SSSR count). The van der Waals surface area contributed by atoms with E-state index in [1.54, 1.807) is 19.5 Å². The number of nitrogens with zero attached hydrogens (tertiary/aromatic N) is 4. The van der Waals surface area contributed by atoms with Crippen molar-refractivity contribution in [3.05, 3.63) is 18.6 Å². The van der Waals surface area contributed by atoms with Crippen LogP contribution >= 0.6 is 0 Å². The van der Waals surface area contributed by atoms with Crippen molar-refractivity contribution in [2.75, 3.05) is 51.8 Å². The Morgan fingerprint density at radius 3 is 2.94 bits per heavy atom. The molecular weight excluding hydrogens is 216 g/mol. The SMILES string of the molecule is COCC1CN(C)CCN(c2cnccn2)C1. The van der Waals surface area contributed by atoms with Crippen LogP contribution in [0.3, 0.4) is 0 Å². The monoisotopic (exact) mass is 236 g/mol. The normalized spacial score (nSPS) is 22.5. The van der Waals surface area contributed by atoms with Gasteiger partial charge in [-0.15, -0.1) is 0 Å². The molecule has 1 fully saturated rings. The van der Waals surface area contributed by atoms with Crippen molar-refractivity contribution in [2.45, 2.75) is 0 Å². The number of hydrogen-bond donors (Lipinski definition) is 0. The van der Waals surface area contributed by atoms with Crippen LogP contribution in [0.5, 0.6) is 0 Å². The summed E-state index contributed by atoms with van der Waals surface area (Å²) >= 11 is 0. The van der Waals surface area contributed by atoms with Crippen molar-refractivity contribution in [3.63, 3.8) is 0 Å². The molecule has 1 aromatic heterocycles. The average molecular weight is 236 g/mol. The number of ether oxygens (including phenoxy) is 1. The molecule has 0 aliphatic carbocycles. The van der Waals surface area contributed by atoms with Gasteiger partial charge < -0.3 is 14.5 Å². The molecule has 0 spiro atoms. The first-order chi connectivity index (χ1) is 8.29. The van der Waals surface area contributed by atoms with E-state index in [0.29, 0.717) is 5.92 Å². The maximum absolute atomic E-state index is 5.28. The van der Waals surface area contributed by atoms with Gasteiger partial charge in [0.1, 0.15) is 5.82 Å². The molecule has 1 unspecified atom stereocenters. The van der Waals surface area contributed by atoms with E-state index in [0.717, 1.165) is 38.6 Å². The number of hydrogen-bond acceptors (Lipinski definition) is 5. The van der Waals surface area contributed by atoms with E-state index in [1.165, 1.54) is 0 Å². The quantitative estimate of drug-likeness (QED) is 0.764. The average Bonchev–Trinajstić information content (AvgIpc) is 2.53. The highest BCUT2D eigenvalue weighted by Gasteiger charge is 2.21. The van der Waals surface area contributed by atoms with Crippen LogP contribution in [-0.4, -0.2) is 61.8 Å². The van der Waals surface area contributed by atoms with Gasteiger partial charge in [-0.25, -0.2) is 4.98 Å². The fourth-order valence-electron chi connectivity index (χ4n) is 2.29. The standard InChI is InChI=1S/C12H20N4O/c1-15-5-6-16(9-11(8-15)10-17-2)12-7-13-3-4-14-12/h3-4,7,11H,5-6,8-10H2,1-2H3. The van der Waals surface area contributed by atoms with E-state index in [-0.39, 0.29) is 0 Å². The Balaban J connectivity index is 2.07. The van der Waals surface area contributed by atoms with Crippen molar-refractivity contribution in [2.24, 2.45) is 5.92 Å². The van der Waals surface area contributed by atoms with Crippen molar-refractivity contribution in [3.8, 4) is 0 Å². The lowest BCUT2D eigenvalue weighted by molar-refractivity contribution is 0.139. The first kappa shape index (κ1) is 12.3. The van der Waals surface area contributed by atoms with Gasteiger partial charge >= 0.3 is 0 Å². The maximum atomic E-state index is 5.28. The second-order valence-corrected chi connectivity index (χ2v) is 4.59. The van der Waals surface area contributed by atoms with Crippen molar-refractivity contribution < 1.29 is 4.74 Å². The second kappa shape index (κ2) is 5.93. The van der Waals surface area contributed by atoms with Gasteiger partial charge in [-0.3, -0.25) is 4.98 Å². The molecule has 0 saturated carbocycles. The molecule has 2 heterocycles. The van der Waals surface area contributed by atoms with E-state index in [4.69, 9.17) is 4.74 Å². The molecule has 0 aromatic carbocycles. The third-order valence-electron chi connectivity index (χ3n) is 3.08. The van der Waals surface area contributed by atoms with Crippen LogP contribution in [0.4, 0.5) is 5.82 Å². The van der Waals surface area contributed by atoms with Gasteiger partial charge in [0.25, 0.3) is 0 Å². The predicted molar refractivity (Wildman–Crippen MR) is 67.1 cm³/mol. The molecule has 0 bridgehead atoms. The Bertz CT molecular complexity index is 333. The number of methoxy groups -OCH3 is 1. The summed E-state index contributed by atoms with van der Waals surface area (Å²) < 4.78 is 5.28. The minimum absolute atomic E-state index is 0.523. The summed E-state index contributed by atoms with van der Waals surface area (Å²) in [6.07, 6.45) is 5.28. The molecule has 1 aliphatic rings. The van der Waals surface area contributed by atoms with E-state index in [2.05, 4.69) is 26.8 Å². The highest BCUT2D eigenvalue weighted by Crippen LogP contribution is 2.14. The zero-order chi connectivity index (χ0) is 12.1. The molecule has 17 heavy (non-hydrogen) atoms. The summed E-state index contributed by atoms with van der Waals surface area (Å²) in [4.78, 5) is 13.1. The van der Waals surface area contributed by atoms with E-state index in [9.17, 15) is 0 Å².